The molecule has 0 fully saturated rings. The van der Waals surface area contributed by atoms with E-state index in [1.807, 2.05) is 6.92 Å². The summed E-state index contributed by atoms with van der Waals surface area (Å²) in [6, 6.07) is 6.99. The average molecular weight is 294 g/mol. The molecule has 1 aromatic heterocycles. The summed E-state index contributed by atoms with van der Waals surface area (Å²) in [5.41, 5.74) is 1.00. The lowest BCUT2D eigenvalue weighted by Crippen LogP contribution is -2.16. The summed E-state index contributed by atoms with van der Waals surface area (Å²) in [5, 5.41) is 9.87. The molecule has 0 aliphatic carbocycles. The fraction of sp³-hybridized carbons (Fsp3) is 0.231. The van der Waals surface area contributed by atoms with Gasteiger partial charge in [0.2, 0.25) is 5.88 Å². The molecule has 1 aromatic carbocycles. The lowest BCUT2D eigenvalue weighted by molar-refractivity contribution is 0.451. The SMILES string of the molecule is Cc1ccc(-c2c(O)nc(CS(C)(=O)=O)[nH]c2=O)cc1. The number of hydrogen-bond acceptors (Lipinski definition) is 5. The van der Waals surface area contributed by atoms with Gasteiger partial charge in [-0.05, 0) is 12.5 Å². The van der Waals surface area contributed by atoms with Gasteiger partial charge in [0.05, 0.1) is 0 Å². The van der Waals surface area contributed by atoms with Gasteiger partial charge in [0, 0.05) is 6.26 Å². The van der Waals surface area contributed by atoms with Crippen LogP contribution in [0, 0.1) is 6.92 Å². The molecule has 6 nitrogen and oxygen atoms in total. The van der Waals surface area contributed by atoms with Gasteiger partial charge in [-0.3, -0.25) is 4.79 Å². The normalized spacial score (nSPS) is 11.5. The summed E-state index contributed by atoms with van der Waals surface area (Å²) < 4.78 is 22.3. The fourth-order valence-electron chi connectivity index (χ4n) is 1.80. The Morgan fingerprint density at radius 3 is 2.35 bits per heavy atom. The first-order valence-electron chi connectivity index (χ1n) is 5.83. The molecule has 7 heteroatoms. The first-order valence-corrected chi connectivity index (χ1v) is 7.89. The number of hydrogen-bond donors (Lipinski definition) is 2. The molecule has 0 unspecified atom stereocenters. The van der Waals surface area contributed by atoms with Crippen molar-refractivity contribution < 1.29 is 13.5 Å². The quantitative estimate of drug-likeness (QED) is 0.879. The fourth-order valence-corrected chi connectivity index (χ4v) is 2.44. The van der Waals surface area contributed by atoms with E-state index in [0.717, 1.165) is 11.8 Å². The van der Waals surface area contributed by atoms with Gasteiger partial charge in [-0.15, -0.1) is 0 Å². The molecule has 0 bridgehead atoms. The highest BCUT2D eigenvalue weighted by atomic mass is 32.2. The van der Waals surface area contributed by atoms with Crippen LogP contribution in [-0.2, 0) is 15.6 Å². The summed E-state index contributed by atoms with van der Waals surface area (Å²) in [7, 11) is -3.34. The summed E-state index contributed by atoms with van der Waals surface area (Å²) in [4.78, 5) is 18.1. The number of aromatic hydroxyl groups is 1. The molecule has 0 aliphatic rings. The zero-order valence-electron chi connectivity index (χ0n) is 11.0. The van der Waals surface area contributed by atoms with E-state index >= 15 is 0 Å². The van der Waals surface area contributed by atoms with Crippen molar-refractivity contribution in [2.45, 2.75) is 12.7 Å². The van der Waals surface area contributed by atoms with Crippen molar-refractivity contribution >= 4 is 9.84 Å². The number of benzene rings is 1. The topological polar surface area (TPSA) is 100 Å². The zero-order valence-corrected chi connectivity index (χ0v) is 11.9. The molecule has 106 valence electrons. The molecule has 2 rings (SSSR count). The molecular weight excluding hydrogens is 280 g/mol. The molecule has 0 aliphatic heterocycles. The highest BCUT2D eigenvalue weighted by molar-refractivity contribution is 7.89. The second-order valence-electron chi connectivity index (χ2n) is 4.65. The van der Waals surface area contributed by atoms with Crippen molar-refractivity contribution in [3.63, 3.8) is 0 Å². The van der Waals surface area contributed by atoms with E-state index in [1.165, 1.54) is 0 Å². The Balaban J connectivity index is 2.52. The second kappa shape index (κ2) is 5.09. The van der Waals surface area contributed by atoms with E-state index in [2.05, 4.69) is 9.97 Å². The van der Waals surface area contributed by atoms with Crippen molar-refractivity contribution in [3.8, 4) is 17.0 Å². The predicted molar refractivity (Wildman–Crippen MR) is 75.2 cm³/mol. The van der Waals surface area contributed by atoms with Crippen molar-refractivity contribution in [2.24, 2.45) is 0 Å². The van der Waals surface area contributed by atoms with E-state index in [1.54, 1.807) is 24.3 Å². The average Bonchev–Trinajstić information content (AvgIpc) is 2.28. The molecule has 0 spiro atoms. The minimum atomic E-state index is -3.34. The van der Waals surface area contributed by atoms with Crippen LogP contribution in [0.15, 0.2) is 29.1 Å². The molecule has 1 heterocycles. The maximum absolute atomic E-state index is 12.0. The molecule has 20 heavy (non-hydrogen) atoms. The Bertz CT molecular complexity index is 792. The van der Waals surface area contributed by atoms with E-state index in [9.17, 15) is 18.3 Å². The number of sulfone groups is 1. The van der Waals surface area contributed by atoms with Gasteiger partial charge in [0.15, 0.2) is 9.84 Å². The largest absolute Gasteiger partial charge is 0.493 e. The van der Waals surface area contributed by atoms with Crippen LogP contribution in [0.1, 0.15) is 11.4 Å². The lowest BCUT2D eigenvalue weighted by Gasteiger charge is -2.06. The van der Waals surface area contributed by atoms with Crippen LogP contribution in [0.4, 0.5) is 0 Å². The summed E-state index contributed by atoms with van der Waals surface area (Å²) >= 11 is 0. The number of H-pyrrole nitrogens is 1. The van der Waals surface area contributed by atoms with Gasteiger partial charge in [0.25, 0.3) is 5.56 Å². The van der Waals surface area contributed by atoms with Crippen molar-refractivity contribution in [1.29, 1.82) is 0 Å². The number of nitrogens with zero attached hydrogens (tertiary/aromatic N) is 1. The first kappa shape index (κ1) is 14.3. The molecule has 0 saturated heterocycles. The summed E-state index contributed by atoms with van der Waals surface area (Å²) in [5.74, 6) is -0.980. The number of aromatic nitrogens is 2. The standard InChI is InChI=1S/C13H14N2O4S/c1-8-3-5-9(6-4-8)11-12(16)14-10(15-13(11)17)7-20(2,18)19/h3-6H,7H2,1-2H3,(H2,14,15,16,17). The molecule has 0 atom stereocenters. The maximum Gasteiger partial charge on any atom is 0.262 e. The summed E-state index contributed by atoms with van der Waals surface area (Å²) in [6.45, 7) is 1.90. The highest BCUT2D eigenvalue weighted by Crippen LogP contribution is 2.23. The van der Waals surface area contributed by atoms with Gasteiger partial charge < -0.3 is 10.1 Å². The Kier molecular flexibility index (Phi) is 3.63. The Labute approximate surface area is 116 Å². The predicted octanol–water partition coefficient (Wildman–Crippen LogP) is 0.996. The van der Waals surface area contributed by atoms with Crippen LogP contribution < -0.4 is 5.56 Å². The van der Waals surface area contributed by atoms with Crippen LogP contribution in [0.5, 0.6) is 5.88 Å². The number of rotatable bonds is 3. The minimum absolute atomic E-state index is 0.0299. The second-order valence-corrected chi connectivity index (χ2v) is 6.79. The summed E-state index contributed by atoms with van der Waals surface area (Å²) in [6.07, 6.45) is 1.03. The number of nitrogens with one attached hydrogen (secondary N) is 1. The lowest BCUT2D eigenvalue weighted by atomic mass is 10.1. The molecule has 2 aromatic rings. The number of aryl methyl sites for hydroxylation is 1. The smallest absolute Gasteiger partial charge is 0.262 e. The Hall–Kier alpha value is -2.15. The van der Waals surface area contributed by atoms with E-state index in [4.69, 9.17) is 0 Å². The zero-order chi connectivity index (χ0) is 14.9. The highest BCUT2D eigenvalue weighted by Gasteiger charge is 2.15. The van der Waals surface area contributed by atoms with Gasteiger partial charge in [-0.1, -0.05) is 29.8 Å². The van der Waals surface area contributed by atoms with Crippen LogP contribution in [0.2, 0.25) is 0 Å². The molecule has 0 amide bonds. The molecule has 2 N–H and O–H groups in total. The van der Waals surface area contributed by atoms with E-state index in [-0.39, 0.29) is 11.4 Å². The molecule has 0 saturated carbocycles. The monoisotopic (exact) mass is 294 g/mol. The third-order valence-corrected chi connectivity index (χ3v) is 3.49. The van der Waals surface area contributed by atoms with E-state index in [0.29, 0.717) is 5.56 Å². The van der Waals surface area contributed by atoms with Gasteiger partial charge in [0.1, 0.15) is 17.1 Å². The molecular formula is C13H14N2O4S. The van der Waals surface area contributed by atoms with Gasteiger partial charge in [-0.2, -0.15) is 4.98 Å². The van der Waals surface area contributed by atoms with Crippen molar-refractivity contribution in [2.75, 3.05) is 6.26 Å². The van der Waals surface area contributed by atoms with Crippen LogP contribution in [0.25, 0.3) is 11.1 Å². The van der Waals surface area contributed by atoms with Crippen molar-refractivity contribution in [1.82, 2.24) is 9.97 Å². The van der Waals surface area contributed by atoms with Gasteiger partial charge in [-0.25, -0.2) is 8.42 Å². The maximum atomic E-state index is 12.0. The molecule has 0 radical (unpaired) electrons. The van der Waals surface area contributed by atoms with E-state index < -0.39 is 27.0 Å². The Morgan fingerprint density at radius 1 is 1.25 bits per heavy atom. The van der Waals surface area contributed by atoms with Gasteiger partial charge >= 0.3 is 0 Å². The Morgan fingerprint density at radius 2 is 1.85 bits per heavy atom. The van der Waals surface area contributed by atoms with Crippen LogP contribution in [-0.4, -0.2) is 29.7 Å². The van der Waals surface area contributed by atoms with Crippen molar-refractivity contribution in [3.05, 3.63) is 46.0 Å². The first-order chi connectivity index (χ1) is 9.26. The third kappa shape index (κ3) is 3.24. The number of aromatic amines is 1. The third-order valence-electron chi connectivity index (χ3n) is 2.69. The van der Waals surface area contributed by atoms with Crippen LogP contribution >= 0.6 is 0 Å². The minimum Gasteiger partial charge on any atom is -0.493 e. The van der Waals surface area contributed by atoms with Crippen LogP contribution in [0.3, 0.4) is 0 Å².